The molecule has 0 bridgehead atoms. The van der Waals surface area contributed by atoms with Gasteiger partial charge < -0.3 is 9.88 Å². The first-order valence-electron chi connectivity index (χ1n) is 5.30. The van der Waals surface area contributed by atoms with Gasteiger partial charge in [-0.15, -0.1) is 0 Å². The number of hydrogen-bond acceptors (Lipinski definition) is 3. The molecular formula is C11H17N3O2. The average Bonchev–Trinajstić information content (AvgIpc) is 2.64. The summed E-state index contributed by atoms with van der Waals surface area (Å²) in [7, 11) is 0. The summed E-state index contributed by atoms with van der Waals surface area (Å²) in [5, 5.41) is 2.87. The van der Waals surface area contributed by atoms with Crippen LogP contribution in [0, 0.1) is 5.92 Å². The van der Waals surface area contributed by atoms with Crippen LogP contribution in [0.4, 0.5) is 0 Å². The van der Waals surface area contributed by atoms with Crippen molar-refractivity contribution in [1.29, 1.82) is 0 Å². The van der Waals surface area contributed by atoms with Crippen molar-refractivity contribution in [2.24, 2.45) is 5.92 Å². The second-order valence-corrected chi connectivity index (χ2v) is 4.13. The van der Waals surface area contributed by atoms with E-state index in [1.54, 1.807) is 6.20 Å². The molecule has 16 heavy (non-hydrogen) atoms. The van der Waals surface area contributed by atoms with Crippen LogP contribution in [0.25, 0.3) is 0 Å². The van der Waals surface area contributed by atoms with Gasteiger partial charge in [0.1, 0.15) is 6.54 Å². The molecule has 1 N–H and O–H groups in total. The van der Waals surface area contributed by atoms with Gasteiger partial charge >= 0.3 is 0 Å². The summed E-state index contributed by atoms with van der Waals surface area (Å²) in [6.07, 6.45) is 3.76. The van der Waals surface area contributed by atoms with E-state index in [0.717, 1.165) is 0 Å². The highest BCUT2D eigenvalue weighted by molar-refractivity contribution is 5.77. The maximum atomic E-state index is 11.6. The van der Waals surface area contributed by atoms with Gasteiger partial charge in [0, 0.05) is 18.4 Å². The Hall–Kier alpha value is -1.65. The van der Waals surface area contributed by atoms with Crippen molar-refractivity contribution in [3.8, 4) is 0 Å². The first kappa shape index (κ1) is 12.4. The molecule has 0 aromatic carbocycles. The topological polar surface area (TPSA) is 64.0 Å². The number of nitrogens with zero attached hydrogens (tertiary/aromatic N) is 2. The second kappa shape index (κ2) is 5.44. The summed E-state index contributed by atoms with van der Waals surface area (Å²) >= 11 is 0. The molecule has 0 radical (unpaired) electrons. The van der Waals surface area contributed by atoms with E-state index < -0.39 is 0 Å². The highest BCUT2D eigenvalue weighted by Gasteiger charge is 2.12. The maximum absolute atomic E-state index is 11.6. The number of nitrogens with one attached hydrogen (secondary N) is 1. The summed E-state index contributed by atoms with van der Waals surface area (Å²) in [6, 6.07) is 0.121. The second-order valence-electron chi connectivity index (χ2n) is 4.13. The minimum atomic E-state index is -0.109. The molecule has 0 aliphatic heterocycles. The number of imidazole rings is 1. The van der Waals surface area contributed by atoms with Crippen LogP contribution < -0.4 is 5.32 Å². The number of hydrogen-bond donors (Lipinski definition) is 1. The van der Waals surface area contributed by atoms with E-state index in [4.69, 9.17) is 0 Å². The first-order chi connectivity index (χ1) is 7.54. The third-order valence-electron chi connectivity index (χ3n) is 2.56. The van der Waals surface area contributed by atoms with Gasteiger partial charge in [0.2, 0.25) is 5.91 Å². The van der Waals surface area contributed by atoms with Gasteiger partial charge in [-0.1, -0.05) is 13.8 Å². The third kappa shape index (κ3) is 3.18. The molecule has 0 saturated heterocycles. The zero-order valence-electron chi connectivity index (χ0n) is 9.80. The molecule has 5 heteroatoms. The number of aromatic nitrogens is 2. The Bertz CT molecular complexity index is 371. The minimum absolute atomic E-state index is 0.109. The summed E-state index contributed by atoms with van der Waals surface area (Å²) in [4.78, 5) is 26.0. The molecule has 1 aromatic rings. The van der Waals surface area contributed by atoms with Gasteiger partial charge in [-0.25, -0.2) is 4.98 Å². The molecule has 1 unspecified atom stereocenters. The lowest BCUT2D eigenvalue weighted by molar-refractivity contribution is -0.122. The van der Waals surface area contributed by atoms with E-state index in [9.17, 15) is 9.59 Å². The number of amides is 1. The average molecular weight is 223 g/mol. The van der Waals surface area contributed by atoms with Crippen LogP contribution in [0.5, 0.6) is 0 Å². The quantitative estimate of drug-likeness (QED) is 0.753. The van der Waals surface area contributed by atoms with Crippen molar-refractivity contribution in [2.45, 2.75) is 33.4 Å². The Morgan fingerprint density at radius 1 is 1.56 bits per heavy atom. The van der Waals surface area contributed by atoms with Crippen molar-refractivity contribution in [3.05, 3.63) is 18.2 Å². The number of aldehydes is 1. The summed E-state index contributed by atoms with van der Waals surface area (Å²) in [5.74, 6) is 0.548. The van der Waals surface area contributed by atoms with Crippen LogP contribution in [0.1, 0.15) is 31.4 Å². The molecule has 1 aromatic heterocycles. The number of rotatable bonds is 5. The van der Waals surface area contributed by atoms with Crippen molar-refractivity contribution in [2.75, 3.05) is 0 Å². The SMILES string of the molecule is CC(C)C(C)NC(=O)Cn1ccnc1C=O. The Morgan fingerprint density at radius 3 is 2.81 bits per heavy atom. The fourth-order valence-corrected chi connectivity index (χ4v) is 1.19. The molecule has 1 amide bonds. The van der Waals surface area contributed by atoms with Crippen molar-refractivity contribution >= 4 is 12.2 Å². The fraction of sp³-hybridized carbons (Fsp3) is 0.545. The van der Waals surface area contributed by atoms with Crippen LogP contribution in [0.2, 0.25) is 0 Å². The van der Waals surface area contributed by atoms with E-state index in [0.29, 0.717) is 12.2 Å². The summed E-state index contributed by atoms with van der Waals surface area (Å²) in [6.45, 7) is 6.17. The highest BCUT2D eigenvalue weighted by atomic mass is 16.2. The maximum Gasteiger partial charge on any atom is 0.240 e. The predicted molar refractivity (Wildman–Crippen MR) is 60.1 cm³/mol. The Labute approximate surface area is 94.9 Å². The molecule has 88 valence electrons. The molecule has 0 fully saturated rings. The molecule has 5 nitrogen and oxygen atoms in total. The number of carbonyl (C=O) groups excluding carboxylic acids is 2. The standard InChI is InChI=1S/C11H17N3O2/c1-8(2)9(3)13-11(16)6-14-5-4-12-10(14)7-15/h4-5,7-9H,6H2,1-3H3,(H,13,16). The molecule has 0 saturated carbocycles. The van der Waals surface area contributed by atoms with Crippen LogP contribution in [-0.4, -0.2) is 27.8 Å². The van der Waals surface area contributed by atoms with E-state index in [1.165, 1.54) is 10.8 Å². The highest BCUT2D eigenvalue weighted by Crippen LogP contribution is 2.00. The van der Waals surface area contributed by atoms with E-state index >= 15 is 0 Å². The van der Waals surface area contributed by atoms with Crippen LogP contribution in [0.3, 0.4) is 0 Å². The van der Waals surface area contributed by atoms with Crippen molar-refractivity contribution in [3.63, 3.8) is 0 Å². The Balaban J connectivity index is 2.55. The van der Waals surface area contributed by atoms with Crippen LogP contribution in [-0.2, 0) is 11.3 Å². The molecule has 0 aliphatic rings. The van der Waals surface area contributed by atoms with Crippen molar-refractivity contribution in [1.82, 2.24) is 14.9 Å². The van der Waals surface area contributed by atoms with Gasteiger partial charge in [-0.2, -0.15) is 0 Å². The Morgan fingerprint density at radius 2 is 2.25 bits per heavy atom. The fourth-order valence-electron chi connectivity index (χ4n) is 1.19. The molecule has 0 spiro atoms. The first-order valence-corrected chi connectivity index (χ1v) is 5.30. The van der Waals surface area contributed by atoms with Gasteiger partial charge in [0.15, 0.2) is 12.1 Å². The lowest BCUT2D eigenvalue weighted by atomic mass is 10.1. The van der Waals surface area contributed by atoms with Gasteiger partial charge in [-0.05, 0) is 12.8 Å². The summed E-state index contributed by atoms with van der Waals surface area (Å²) in [5.41, 5.74) is 0. The molecule has 1 rings (SSSR count). The Kier molecular flexibility index (Phi) is 4.22. The van der Waals surface area contributed by atoms with Gasteiger partial charge in [-0.3, -0.25) is 9.59 Å². The number of carbonyl (C=O) groups is 2. The van der Waals surface area contributed by atoms with Gasteiger partial charge in [0.25, 0.3) is 0 Å². The monoisotopic (exact) mass is 223 g/mol. The minimum Gasteiger partial charge on any atom is -0.352 e. The normalized spacial score (nSPS) is 12.5. The lowest BCUT2D eigenvalue weighted by Gasteiger charge is -2.17. The lowest BCUT2D eigenvalue weighted by Crippen LogP contribution is -2.38. The van der Waals surface area contributed by atoms with Gasteiger partial charge in [0.05, 0.1) is 0 Å². The van der Waals surface area contributed by atoms with Crippen molar-refractivity contribution < 1.29 is 9.59 Å². The van der Waals surface area contributed by atoms with E-state index in [1.807, 2.05) is 20.8 Å². The van der Waals surface area contributed by atoms with E-state index in [2.05, 4.69) is 10.3 Å². The molecular weight excluding hydrogens is 206 g/mol. The zero-order valence-corrected chi connectivity index (χ0v) is 9.80. The van der Waals surface area contributed by atoms with Crippen LogP contribution in [0.15, 0.2) is 12.4 Å². The zero-order chi connectivity index (χ0) is 12.1. The van der Waals surface area contributed by atoms with E-state index in [-0.39, 0.29) is 24.3 Å². The molecule has 0 aliphatic carbocycles. The van der Waals surface area contributed by atoms with Crippen LogP contribution >= 0.6 is 0 Å². The molecule has 1 atom stereocenters. The third-order valence-corrected chi connectivity index (χ3v) is 2.56. The molecule has 1 heterocycles. The smallest absolute Gasteiger partial charge is 0.240 e. The predicted octanol–water partition coefficient (Wildman–Crippen LogP) is 0.856. The summed E-state index contributed by atoms with van der Waals surface area (Å²) < 4.78 is 1.52. The largest absolute Gasteiger partial charge is 0.352 e.